The zero-order valence-electron chi connectivity index (χ0n) is 17.9. The first kappa shape index (κ1) is 20.7. The second-order valence-electron chi connectivity index (χ2n) is 7.72. The fourth-order valence-electron chi connectivity index (χ4n) is 3.76. The van der Waals surface area contributed by atoms with Gasteiger partial charge in [0.1, 0.15) is 11.5 Å². The number of rotatable bonds is 7. The summed E-state index contributed by atoms with van der Waals surface area (Å²) < 4.78 is 10.4. The lowest BCUT2D eigenvalue weighted by atomic mass is 9.82. The molecular formula is C26H25NO4. The van der Waals surface area contributed by atoms with Crippen molar-refractivity contribution in [3.05, 3.63) is 95.1 Å². The molecule has 3 aromatic rings. The quantitative estimate of drug-likeness (QED) is 0.491. The smallest absolute Gasteiger partial charge is 0.175 e. The van der Waals surface area contributed by atoms with E-state index in [-0.39, 0.29) is 12.2 Å². The number of ketones is 1. The maximum absolute atomic E-state index is 13.2. The molecule has 158 valence electrons. The highest BCUT2D eigenvalue weighted by Crippen LogP contribution is 2.40. The molecule has 31 heavy (non-hydrogen) atoms. The Kier molecular flexibility index (Phi) is 5.76. The van der Waals surface area contributed by atoms with Crippen molar-refractivity contribution >= 4 is 11.5 Å². The third-order valence-corrected chi connectivity index (χ3v) is 5.64. The third kappa shape index (κ3) is 4.31. The van der Waals surface area contributed by atoms with Gasteiger partial charge >= 0.3 is 0 Å². The number of benzene rings is 3. The van der Waals surface area contributed by atoms with Crippen LogP contribution in [0.5, 0.6) is 11.5 Å². The average molecular weight is 415 g/mol. The third-order valence-electron chi connectivity index (χ3n) is 5.64. The Morgan fingerprint density at radius 2 is 1.48 bits per heavy atom. The summed E-state index contributed by atoms with van der Waals surface area (Å²) in [6.45, 7) is 2.04. The summed E-state index contributed by atoms with van der Waals surface area (Å²) in [6.07, 6.45) is 0.690. The summed E-state index contributed by atoms with van der Waals surface area (Å²) in [4.78, 5) is 19.2. The van der Waals surface area contributed by atoms with E-state index in [1.54, 1.807) is 38.5 Å². The Labute approximate surface area is 182 Å². The van der Waals surface area contributed by atoms with Crippen LogP contribution in [-0.4, -0.2) is 25.7 Å². The number of Topliss-reactive ketones (excluding diaryl/α,β-unsaturated/α-hetero) is 1. The summed E-state index contributed by atoms with van der Waals surface area (Å²) in [5, 5.41) is 4.39. The Hall–Kier alpha value is -3.60. The molecule has 5 nitrogen and oxygen atoms in total. The Morgan fingerprint density at radius 1 is 0.903 bits per heavy atom. The van der Waals surface area contributed by atoms with E-state index < -0.39 is 5.60 Å². The molecule has 0 N–H and O–H groups in total. The lowest BCUT2D eigenvalue weighted by Crippen LogP contribution is -2.30. The number of hydrogen-bond donors (Lipinski definition) is 0. The molecule has 1 heterocycles. The van der Waals surface area contributed by atoms with Gasteiger partial charge in [0.25, 0.3) is 0 Å². The van der Waals surface area contributed by atoms with Gasteiger partial charge in [-0.15, -0.1) is 0 Å². The fraction of sp³-hybridized carbons (Fsp3) is 0.231. The largest absolute Gasteiger partial charge is 0.497 e. The number of carbonyl (C=O) groups is 1. The minimum absolute atomic E-state index is 0.00518. The molecule has 0 fully saturated rings. The van der Waals surface area contributed by atoms with Crippen LogP contribution in [0.3, 0.4) is 0 Å². The van der Waals surface area contributed by atoms with Gasteiger partial charge in [-0.1, -0.05) is 35.0 Å². The van der Waals surface area contributed by atoms with E-state index in [4.69, 9.17) is 14.3 Å². The highest BCUT2D eigenvalue weighted by molar-refractivity contribution is 6.03. The Bertz CT molecular complexity index is 1090. The Balaban J connectivity index is 1.63. The highest BCUT2D eigenvalue weighted by Gasteiger charge is 2.43. The standard InChI is InChI=1S/C26H25NO4/c1-18-4-10-21(11-5-18)26(17-25(28)20-8-14-23(30-3)15-9-20)16-24(27-31-26)19-6-12-22(29-2)13-7-19/h4-15H,16-17H2,1-3H3. The normalized spacial score (nSPS) is 17.6. The monoisotopic (exact) mass is 415 g/mol. The topological polar surface area (TPSA) is 57.1 Å². The first-order valence-electron chi connectivity index (χ1n) is 10.2. The lowest BCUT2D eigenvalue weighted by molar-refractivity contribution is -0.0248. The van der Waals surface area contributed by atoms with Crippen LogP contribution in [0.15, 0.2) is 78.0 Å². The van der Waals surface area contributed by atoms with Crippen molar-refractivity contribution in [3.63, 3.8) is 0 Å². The van der Waals surface area contributed by atoms with E-state index in [0.29, 0.717) is 17.7 Å². The molecule has 4 rings (SSSR count). The highest BCUT2D eigenvalue weighted by atomic mass is 16.7. The molecule has 0 aromatic heterocycles. The second kappa shape index (κ2) is 8.64. The molecule has 0 bridgehead atoms. The minimum Gasteiger partial charge on any atom is -0.497 e. The van der Waals surface area contributed by atoms with E-state index in [1.165, 1.54) is 0 Å². The van der Waals surface area contributed by atoms with E-state index >= 15 is 0 Å². The number of hydrogen-bond acceptors (Lipinski definition) is 5. The SMILES string of the molecule is COc1ccc(C(=O)CC2(c3ccc(C)cc3)CC(c3ccc(OC)cc3)=NO2)cc1. The van der Waals surface area contributed by atoms with Gasteiger partial charge in [0.15, 0.2) is 11.4 Å². The van der Waals surface area contributed by atoms with Gasteiger partial charge in [-0.05, 0) is 66.6 Å². The first-order chi connectivity index (χ1) is 15.0. The molecule has 0 aliphatic carbocycles. The predicted octanol–water partition coefficient (Wildman–Crippen LogP) is 5.31. The molecule has 3 aromatic carbocycles. The van der Waals surface area contributed by atoms with E-state index in [0.717, 1.165) is 28.2 Å². The van der Waals surface area contributed by atoms with Crippen molar-refractivity contribution in [2.24, 2.45) is 5.16 Å². The van der Waals surface area contributed by atoms with Crippen LogP contribution in [0, 0.1) is 6.92 Å². The summed E-state index contributed by atoms with van der Waals surface area (Å²) in [6, 6.07) is 22.9. The maximum atomic E-state index is 13.2. The average Bonchev–Trinajstić information content (AvgIpc) is 3.24. The Morgan fingerprint density at radius 3 is 2.06 bits per heavy atom. The van der Waals surface area contributed by atoms with Crippen molar-refractivity contribution in [3.8, 4) is 11.5 Å². The number of carbonyl (C=O) groups excluding carboxylic acids is 1. The van der Waals surface area contributed by atoms with Gasteiger partial charge in [-0.3, -0.25) is 4.79 Å². The van der Waals surface area contributed by atoms with E-state index in [1.807, 2.05) is 55.5 Å². The molecular weight excluding hydrogens is 390 g/mol. The molecule has 0 spiro atoms. The lowest BCUT2D eigenvalue weighted by Gasteiger charge is -2.27. The van der Waals surface area contributed by atoms with Crippen LogP contribution in [0.1, 0.15) is 39.9 Å². The summed E-state index contributed by atoms with van der Waals surface area (Å²) in [5.41, 5.74) is 3.62. The maximum Gasteiger partial charge on any atom is 0.175 e. The molecule has 0 saturated carbocycles. The van der Waals surface area contributed by atoms with Crippen molar-refractivity contribution in [2.45, 2.75) is 25.4 Å². The molecule has 1 aliphatic rings. The number of aryl methyl sites for hydroxylation is 1. The molecule has 1 atom stereocenters. The van der Waals surface area contributed by atoms with Crippen LogP contribution in [-0.2, 0) is 10.4 Å². The molecule has 0 radical (unpaired) electrons. The molecule has 1 unspecified atom stereocenters. The molecule has 0 saturated heterocycles. The molecule has 0 amide bonds. The van der Waals surface area contributed by atoms with Crippen molar-refractivity contribution in [2.75, 3.05) is 14.2 Å². The number of oxime groups is 1. The van der Waals surface area contributed by atoms with Gasteiger partial charge < -0.3 is 14.3 Å². The summed E-state index contributed by atoms with van der Waals surface area (Å²) >= 11 is 0. The number of nitrogens with zero attached hydrogens (tertiary/aromatic N) is 1. The zero-order chi connectivity index (χ0) is 21.8. The van der Waals surface area contributed by atoms with Gasteiger partial charge in [0.05, 0.1) is 26.4 Å². The van der Waals surface area contributed by atoms with Crippen LogP contribution < -0.4 is 9.47 Å². The van der Waals surface area contributed by atoms with E-state index in [2.05, 4.69) is 5.16 Å². The summed E-state index contributed by atoms with van der Waals surface area (Å²) in [7, 11) is 3.24. The van der Waals surface area contributed by atoms with Crippen LogP contribution in [0.25, 0.3) is 0 Å². The first-order valence-corrected chi connectivity index (χ1v) is 10.2. The van der Waals surface area contributed by atoms with Gasteiger partial charge in [0.2, 0.25) is 0 Å². The van der Waals surface area contributed by atoms with Crippen LogP contribution in [0.4, 0.5) is 0 Å². The van der Waals surface area contributed by atoms with Crippen molar-refractivity contribution in [1.82, 2.24) is 0 Å². The van der Waals surface area contributed by atoms with E-state index in [9.17, 15) is 4.79 Å². The molecule has 5 heteroatoms. The van der Waals surface area contributed by atoms with Crippen LogP contribution >= 0.6 is 0 Å². The predicted molar refractivity (Wildman–Crippen MR) is 120 cm³/mol. The van der Waals surface area contributed by atoms with Crippen LogP contribution in [0.2, 0.25) is 0 Å². The van der Waals surface area contributed by atoms with Crippen molar-refractivity contribution < 1.29 is 19.1 Å². The minimum atomic E-state index is -0.847. The van der Waals surface area contributed by atoms with Gasteiger partial charge in [0, 0.05) is 12.0 Å². The number of ether oxygens (including phenoxy) is 2. The summed E-state index contributed by atoms with van der Waals surface area (Å²) in [5.74, 6) is 1.49. The van der Waals surface area contributed by atoms with Gasteiger partial charge in [-0.25, -0.2) is 0 Å². The van der Waals surface area contributed by atoms with Gasteiger partial charge in [-0.2, -0.15) is 0 Å². The zero-order valence-corrected chi connectivity index (χ0v) is 17.9. The second-order valence-corrected chi connectivity index (χ2v) is 7.72. The van der Waals surface area contributed by atoms with Crippen molar-refractivity contribution in [1.29, 1.82) is 0 Å². The fourth-order valence-corrected chi connectivity index (χ4v) is 3.76. The molecule has 1 aliphatic heterocycles. The number of methoxy groups -OCH3 is 2.